The first-order valence-corrected chi connectivity index (χ1v) is 5.53. The number of unbranched alkanes of at least 4 members (excludes halogenated alkanes) is 1. The molecule has 0 heterocycles. The minimum atomic E-state index is 0.249. The van der Waals surface area contributed by atoms with Crippen LogP contribution in [0.15, 0.2) is 0 Å². The van der Waals surface area contributed by atoms with E-state index in [1.54, 1.807) is 0 Å². The van der Waals surface area contributed by atoms with E-state index in [2.05, 4.69) is 26.1 Å². The Morgan fingerprint density at radius 2 is 2.00 bits per heavy atom. The van der Waals surface area contributed by atoms with Crippen LogP contribution in [0.5, 0.6) is 0 Å². The Morgan fingerprint density at radius 1 is 1.31 bits per heavy atom. The summed E-state index contributed by atoms with van der Waals surface area (Å²) in [6.07, 6.45) is 3.92. The first-order chi connectivity index (χ1) is 6.22. The first kappa shape index (κ1) is 12.9. The predicted molar refractivity (Wildman–Crippen MR) is 57.8 cm³/mol. The molecule has 0 aliphatic rings. The SMILES string of the molecule is CCCC[C@@H](CNCCO)C(C)C. The van der Waals surface area contributed by atoms with Crippen molar-refractivity contribution < 1.29 is 5.11 Å². The molecule has 0 bridgehead atoms. The Labute approximate surface area is 82.7 Å². The molecule has 2 N–H and O–H groups in total. The van der Waals surface area contributed by atoms with Crippen LogP contribution in [0, 0.1) is 11.8 Å². The third-order valence-electron chi connectivity index (χ3n) is 2.57. The summed E-state index contributed by atoms with van der Waals surface area (Å²) in [5, 5.41) is 11.9. The minimum Gasteiger partial charge on any atom is -0.395 e. The van der Waals surface area contributed by atoms with Crippen LogP contribution < -0.4 is 5.32 Å². The molecule has 0 aliphatic carbocycles. The molecule has 0 fully saturated rings. The summed E-state index contributed by atoms with van der Waals surface area (Å²) in [6, 6.07) is 0. The zero-order chi connectivity index (χ0) is 10.1. The van der Waals surface area contributed by atoms with Gasteiger partial charge in [-0.25, -0.2) is 0 Å². The first-order valence-electron chi connectivity index (χ1n) is 5.53. The van der Waals surface area contributed by atoms with E-state index in [1.165, 1.54) is 19.3 Å². The van der Waals surface area contributed by atoms with Gasteiger partial charge in [-0.15, -0.1) is 0 Å². The molecule has 0 aromatic heterocycles. The van der Waals surface area contributed by atoms with Gasteiger partial charge in [0, 0.05) is 6.54 Å². The maximum Gasteiger partial charge on any atom is 0.0555 e. The Kier molecular flexibility index (Phi) is 8.46. The van der Waals surface area contributed by atoms with Crippen molar-refractivity contribution in [1.82, 2.24) is 5.32 Å². The number of hydrogen-bond acceptors (Lipinski definition) is 2. The van der Waals surface area contributed by atoms with Gasteiger partial charge in [0.15, 0.2) is 0 Å². The van der Waals surface area contributed by atoms with Gasteiger partial charge in [-0.1, -0.05) is 33.6 Å². The maximum atomic E-state index is 8.63. The molecule has 0 unspecified atom stereocenters. The summed E-state index contributed by atoms with van der Waals surface area (Å²) >= 11 is 0. The van der Waals surface area contributed by atoms with Crippen molar-refractivity contribution in [2.24, 2.45) is 11.8 Å². The largest absolute Gasteiger partial charge is 0.395 e. The van der Waals surface area contributed by atoms with Crippen molar-refractivity contribution in [3.8, 4) is 0 Å². The third-order valence-corrected chi connectivity index (χ3v) is 2.57. The summed E-state index contributed by atoms with van der Waals surface area (Å²) in [5.41, 5.74) is 0. The van der Waals surface area contributed by atoms with Gasteiger partial charge >= 0.3 is 0 Å². The molecule has 0 rings (SSSR count). The highest BCUT2D eigenvalue weighted by atomic mass is 16.3. The summed E-state index contributed by atoms with van der Waals surface area (Å²) in [4.78, 5) is 0. The normalized spacial score (nSPS) is 13.6. The second-order valence-corrected chi connectivity index (χ2v) is 4.07. The molecule has 0 aromatic carbocycles. The lowest BCUT2D eigenvalue weighted by molar-refractivity contribution is 0.274. The Balaban J connectivity index is 3.54. The highest BCUT2D eigenvalue weighted by Gasteiger charge is 2.11. The Hall–Kier alpha value is -0.0800. The van der Waals surface area contributed by atoms with Crippen LogP contribution in [-0.2, 0) is 0 Å². The van der Waals surface area contributed by atoms with E-state index >= 15 is 0 Å². The topological polar surface area (TPSA) is 32.3 Å². The maximum absolute atomic E-state index is 8.63. The number of nitrogens with one attached hydrogen (secondary N) is 1. The lowest BCUT2D eigenvalue weighted by atomic mass is 9.90. The van der Waals surface area contributed by atoms with Crippen molar-refractivity contribution in [2.45, 2.75) is 40.0 Å². The molecule has 0 saturated carbocycles. The third kappa shape index (κ3) is 7.03. The zero-order valence-corrected chi connectivity index (χ0v) is 9.34. The van der Waals surface area contributed by atoms with E-state index in [4.69, 9.17) is 5.11 Å². The minimum absolute atomic E-state index is 0.249. The Morgan fingerprint density at radius 3 is 2.46 bits per heavy atom. The Bertz CT molecular complexity index is 104. The highest BCUT2D eigenvalue weighted by molar-refractivity contribution is 4.65. The number of hydrogen-bond donors (Lipinski definition) is 2. The zero-order valence-electron chi connectivity index (χ0n) is 9.34. The fourth-order valence-electron chi connectivity index (χ4n) is 1.50. The van der Waals surface area contributed by atoms with Gasteiger partial charge in [0.25, 0.3) is 0 Å². The van der Waals surface area contributed by atoms with Crippen molar-refractivity contribution in [3.05, 3.63) is 0 Å². The van der Waals surface area contributed by atoms with Crippen LogP contribution in [0.25, 0.3) is 0 Å². The predicted octanol–water partition coefficient (Wildman–Crippen LogP) is 2.03. The molecule has 1 atom stereocenters. The molecule has 13 heavy (non-hydrogen) atoms. The van der Waals surface area contributed by atoms with Crippen molar-refractivity contribution in [3.63, 3.8) is 0 Å². The van der Waals surface area contributed by atoms with Crippen LogP contribution in [0.4, 0.5) is 0 Å². The molecule has 0 radical (unpaired) electrons. The van der Waals surface area contributed by atoms with E-state index in [1.807, 2.05) is 0 Å². The summed E-state index contributed by atoms with van der Waals surface area (Å²) < 4.78 is 0. The van der Waals surface area contributed by atoms with Gasteiger partial charge in [-0.2, -0.15) is 0 Å². The summed E-state index contributed by atoms with van der Waals surface area (Å²) in [5.74, 6) is 1.52. The van der Waals surface area contributed by atoms with Gasteiger partial charge in [-0.3, -0.25) is 0 Å². The average Bonchev–Trinajstić information content (AvgIpc) is 2.10. The van der Waals surface area contributed by atoms with Crippen LogP contribution >= 0.6 is 0 Å². The second kappa shape index (κ2) is 8.52. The van der Waals surface area contributed by atoms with Crippen molar-refractivity contribution in [2.75, 3.05) is 19.7 Å². The summed E-state index contributed by atoms with van der Waals surface area (Å²) in [6.45, 7) is 8.83. The fourth-order valence-corrected chi connectivity index (χ4v) is 1.50. The monoisotopic (exact) mass is 187 g/mol. The lowest BCUT2D eigenvalue weighted by Crippen LogP contribution is -2.28. The molecule has 0 aliphatic heterocycles. The fraction of sp³-hybridized carbons (Fsp3) is 1.00. The van der Waals surface area contributed by atoms with Crippen molar-refractivity contribution in [1.29, 1.82) is 0 Å². The number of rotatable bonds is 8. The molecular formula is C11H25NO. The number of aliphatic hydroxyl groups is 1. The standard InChI is InChI=1S/C11H25NO/c1-4-5-6-11(10(2)3)9-12-7-8-13/h10-13H,4-9H2,1-3H3/t11-/m0/s1. The molecule has 80 valence electrons. The van der Waals surface area contributed by atoms with Crippen LogP contribution in [-0.4, -0.2) is 24.8 Å². The molecule has 2 heteroatoms. The van der Waals surface area contributed by atoms with E-state index in [0.717, 1.165) is 24.9 Å². The van der Waals surface area contributed by atoms with Gasteiger partial charge in [0.2, 0.25) is 0 Å². The number of aliphatic hydroxyl groups excluding tert-OH is 1. The molecule has 0 spiro atoms. The molecule has 2 nitrogen and oxygen atoms in total. The van der Waals surface area contributed by atoms with E-state index < -0.39 is 0 Å². The van der Waals surface area contributed by atoms with E-state index in [9.17, 15) is 0 Å². The molecular weight excluding hydrogens is 162 g/mol. The van der Waals surface area contributed by atoms with E-state index in [-0.39, 0.29) is 6.61 Å². The molecule has 0 saturated heterocycles. The average molecular weight is 187 g/mol. The smallest absolute Gasteiger partial charge is 0.0555 e. The van der Waals surface area contributed by atoms with Crippen LogP contribution in [0.2, 0.25) is 0 Å². The summed E-state index contributed by atoms with van der Waals surface area (Å²) in [7, 11) is 0. The van der Waals surface area contributed by atoms with Gasteiger partial charge < -0.3 is 10.4 Å². The van der Waals surface area contributed by atoms with Crippen molar-refractivity contribution >= 4 is 0 Å². The van der Waals surface area contributed by atoms with Crippen LogP contribution in [0.3, 0.4) is 0 Å². The quantitative estimate of drug-likeness (QED) is 0.570. The van der Waals surface area contributed by atoms with Gasteiger partial charge in [-0.05, 0) is 24.8 Å². The van der Waals surface area contributed by atoms with Gasteiger partial charge in [0.05, 0.1) is 6.61 Å². The van der Waals surface area contributed by atoms with E-state index in [0.29, 0.717) is 0 Å². The molecule has 0 amide bonds. The van der Waals surface area contributed by atoms with Crippen LogP contribution in [0.1, 0.15) is 40.0 Å². The second-order valence-electron chi connectivity index (χ2n) is 4.07. The lowest BCUT2D eigenvalue weighted by Gasteiger charge is -2.20. The highest BCUT2D eigenvalue weighted by Crippen LogP contribution is 2.16. The molecule has 0 aromatic rings. The van der Waals surface area contributed by atoms with Gasteiger partial charge in [0.1, 0.15) is 0 Å².